The molecule has 0 heterocycles. The van der Waals surface area contributed by atoms with Crippen molar-refractivity contribution in [2.45, 2.75) is 45.8 Å². The van der Waals surface area contributed by atoms with Crippen molar-refractivity contribution in [1.29, 1.82) is 0 Å². The van der Waals surface area contributed by atoms with Crippen LogP contribution < -0.4 is 0 Å². The van der Waals surface area contributed by atoms with Gasteiger partial charge in [-0.05, 0) is 13.8 Å². The number of ether oxygens (including phenoxy) is 1. The third-order valence-corrected chi connectivity index (χ3v) is 9.25. The van der Waals surface area contributed by atoms with Gasteiger partial charge in [0.25, 0.3) is 0 Å². The van der Waals surface area contributed by atoms with Crippen LogP contribution in [0.25, 0.3) is 0 Å². The third kappa shape index (κ3) is 6.54. The SMILES string of the molecule is CCOCC.FC(F)(F)[C](F)(F)[Ga]([C](F)(F)C(F)(F)F)[C](F)(F)C(F)(F)F. The molecule has 0 spiro atoms. The van der Waals surface area contributed by atoms with Gasteiger partial charge in [-0.25, -0.2) is 0 Å². The van der Waals surface area contributed by atoms with Crippen LogP contribution in [0.5, 0.6) is 0 Å². The summed E-state index contributed by atoms with van der Waals surface area (Å²) >= 11 is -9.26. The third-order valence-electron chi connectivity index (χ3n) is 2.63. The second-order valence-corrected chi connectivity index (χ2v) is 11.0. The van der Waals surface area contributed by atoms with E-state index in [0.717, 1.165) is 13.2 Å². The van der Waals surface area contributed by atoms with Crippen molar-refractivity contribution in [3.8, 4) is 0 Å². The van der Waals surface area contributed by atoms with E-state index in [4.69, 9.17) is 4.74 Å². The van der Waals surface area contributed by atoms with Gasteiger partial charge in [-0.15, -0.1) is 0 Å². The summed E-state index contributed by atoms with van der Waals surface area (Å²) in [6.07, 6.45) is -22.3. The summed E-state index contributed by atoms with van der Waals surface area (Å²) in [4.78, 5) is 0. The first-order chi connectivity index (χ1) is 11.5. The van der Waals surface area contributed by atoms with Crippen LogP contribution in [-0.4, -0.2) is 61.4 Å². The molecule has 0 rings (SSSR count). The van der Waals surface area contributed by atoms with E-state index in [2.05, 4.69) is 0 Å². The molecular weight excluding hydrogens is 491 g/mol. The van der Waals surface area contributed by atoms with Crippen LogP contribution in [-0.2, 0) is 4.74 Å². The molecule has 164 valence electrons. The van der Waals surface area contributed by atoms with E-state index < -0.39 is 48.2 Å². The molecule has 0 aliphatic rings. The zero-order valence-corrected chi connectivity index (χ0v) is 15.5. The number of halogens is 15. The minimum atomic E-state index is -9.26. The first kappa shape index (κ1) is 28.8. The maximum atomic E-state index is 12.6. The summed E-state index contributed by atoms with van der Waals surface area (Å²) in [7, 11) is 0. The molecule has 27 heavy (non-hydrogen) atoms. The van der Waals surface area contributed by atoms with Crippen molar-refractivity contribution in [3.63, 3.8) is 0 Å². The Morgan fingerprint density at radius 2 is 0.667 bits per heavy atom. The Morgan fingerprint density at radius 1 is 0.481 bits per heavy atom. The Balaban J connectivity index is 0. The monoisotopic (exact) mass is 500 g/mol. The molecule has 0 unspecified atom stereocenters. The predicted octanol–water partition coefficient (Wildman–Crippen LogP) is 5.73. The molecular formula is C10H10F15GaO. The van der Waals surface area contributed by atoms with E-state index in [1.807, 2.05) is 13.8 Å². The molecule has 17 heteroatoms. The van der Waals surface area contributed by atoms with Crippen molar-refractivity contribution in [2.24, 2.45) is 0 Å². The number of alkyl halides is 15. The molecule has 0 bridgehead atoms. The van der Waals surface area contributed by atoms with Crippen molar-refractivity contribution >= 4 is 16.2 Å². The van der Waals surface area contributed by atoms with Gasteiger partial charge in [0.15, 0.2) is 0 Å². The van der Waals surface area contributed by atoms with E-state index in [1.54, 1.807) is 0 Å². The van der Waals surface area contributed by atoms with Gasteiger partial charge in [0, 0.05) is 13.2 Å². The normalized spacial score (nSPS) is 14.6. The summed E-state index contributed by atoms with van der Waals surface area (Å²) in [6.45, 7) is 5.67. The molecule has 0 amide bonds. The van der Waals surface area contributed by atoms with E-state index in [-0.39, 0.29) is 0 Å². The molecule has 0 aromatic heterocycles. The average molecular weight is 501 g/mol. The summed E-state index contributed by atoms with van der Waals surface area (Å²) in [5.74, 6) is 0. The van der Waals surface area contributed by atoms with Gasteiger partial charge >= 0.3 is 114 Å². The predicted molar refractivity (Wildman–Crippen MR) is 60.9 cm³/mol. The Kier molecular flexibility index (Phi) is 9.50. The fourth-order valence-electron chi connectivity index (χ4n) is 1.38. The van der Waals surface area contributed by atoms with Gasteiger partial charge in [0.1, 0.15) is 0 Å². The van der Waals surface area contributed by atoms with Crippen LogP contribution in [0.2, 0.25) is 0 Å². The number of hydrogen-bond acceptors (Lipinski definition) is 1. The second-order valence-electron chi connectivity index (χ2n) is 4.58. The van der Waals surface area contributed by atoms with Gasteiger partial charge in [-0.2, -0.15) is 0 Å². The van der Waals surface area contributed by atoms with Gasteiger partial charge in [-0.1, -0.05) is 0 Å². The van der Waals surface area contributed by atoms with Crippen LogP contribution in [0.15, 0.2) is 0 Å². The maximum absolute atomic E-state index is 12.6. The molecule has 0 radical (unpaired) electrons. The van der Waals surface area contributed by atoms with Gasteiger partial charge in [0.2, 0.25) is 0 Å². The van der Waals surface area contributed by atoms with Crippen LogP contribution >= 0.6 is 0 Å². The average Bonchev–Trinajstić information content (AvgIpc) is 2.34. The van der Waals surface area contributed by atoms with Crippen LogP contribution in [0.4, 0.5) is 65.9 Å². The number of hydrogen-bond donors (Lipinski definition) is 0. The van der Waals surface area contributed by atoms with Crippen molar-refractivity contribution in [1.82, 2.24) is 0 Å². The molecule has 0 aliphatic heterocycles. The van der Waals surface area contributed by atoms with Crippen molar-refractivity contribution < 1.29 is 70.6 Å². The van der Waals surface area contributed by atoms with Crippen LogP contribution in [0.1, 0.15) is 13.8 Å². The Hall–Kier alpha value is -0.454. The second kappa shape index (κ2) is 8.92. The van der Waals surface area contributed by atoms with E-state index in [1.165, 1.54) is 0 Å². The van der Waals surface area contributed by atoms with E-state index in [0.29, 0.717) is 0 Å². The molecule has 0 aliphatic carbocycles. The van der Waals surface area contributed by atoms with Crippen LogP contribution in [0.3, 0.4) is 0 Å². The topological polar surface area (TPSA) is 9.23 Å². The molecule has 0 atom stereocenters. The molecule has 0 fully saturated rings. The van der Waals surface area contributed by atoms with Gasteiger partial charge in [0.05, 0.1) is 0 Å². The fraction of sp³-hybridized carbons (Fsp3) is 1.00. The molecule has 0 saturated heterocycles. The molecule has 0 N–H and O–H groups in total. The summed E-state index contributed by atoms with van der Waals surface area (Å²) < 4.78 is 165. The number of rotatable bonds is 5. The molecule has 1 nitrogen and oxygen atoms in total. The summed E-state index contributed by atoms with van der Waals surface area (Å²) in [6, 6.07) is 0. The Morgan fingerprint density at radius 3 is 0.741 bits per heavy atom. The standard InChI is InChI=1S/C4H10O.3C2F5.Ga/c1-3-5-4-2;3*3-1(4)2(5,6)7;/h3-4H2,1-2H3;;;;. The van der Waals surface area contributed by atoms with Crippen molar-refractivity contribution in [2.75, 3.05) is 13.2 Å². The first-order valence-electron chi connectivity index (χ1n) is 6.44. The van der Waals surface area contributed by atoms with Gasteiger partial charge < -0.3 is 4.74 Å². The molecule has 0 aromatic rings. The Labute approximate surface area is 146 Å². The zero-order valence-electron chi connectivity index (χ0n) is 13.1. The fourth-order valence-corrected chi connectivity index (χ4v) is 6.30. The molecule has 0 saturated carbocycles. The Bertz CT molecular complexity index is 385. The molecule has 0 aromatic carbocycles. The van der Waals surface area contributed by atoms with Gasteiger partial charge in [-0.3, -0.25) is 0 Å². The van der Waals surface area contributed by atoms with Crippen molar-refractivity contribution in [3.05, 3.63) is 0 Å². The van der Waals surface area contributed by atoms with E-state index in [9.17, 15) is 65.9 Å². The minimum absolute atomic E-state index is 0.844. The quantitative estimate of drug-likeness (QED) is 0.346. The zero-order chi connectivity index (χ0) is 22.7. The summed E-state index contributed by atoms with van der Waals surface area (Å²) in [5, 5.41) is 0. The summed E-state index contributed by atoms with van der Waals surface area (Å²) in [5.41, 5.74) is 0. The van der Waals surface area contributed by atoms with E-state index >= 15 is 0 Å². The first-order valence-corrected chi connectivity index (χ1v) is 10.1. The van der Waals surface area contributed by atoms with Crippen LogP contribution in [0, 0.1) is 0 Å².